The van der Waals surface area contributed by atoms with E-state index in [-0.39, 0.29) is 0 Å². The van der Waals surface area contributed by atoms with Crippen molar-refractivity contribution in [3.63, 3.8) is 0 Å². The molecule has 0 radical (unpaired) electrons. The molecule has 0 fully saturated rings. The largest absolute Gasteiger partial charge is 0.371 e. The van der Waals surface area contributed by atoms with Gasteiger partial charge in [0.05, 0.1) is 12.5 Å². The summed E-state index contributed by atoms with van der Waals surface area (Å²) < 4.78 is 10.6. The van der Waals surface area contributed by atoms with Crippen molar-refractivity contribution in [2.75, 3.05) is 7.11 Å². The fourth-order valence-electron chi connectivity index (χ4n) is 1.64. The third kappa shape index (κ3) is 2.64. The van der Waals surface area contributed by atoms with Crippen LogP contribution in [0.15, 0.2) is 28.8 Å². The highest BCUT2D eigenvalue weighted by atomic mass is 16.5. The first-order chi connectivity index (χ1) is 9.08. The molecule has 0 saturated heterocycles. The molecule has 0 amide bonds. The maximum Gasteiger partial charge on any atom is 0.258 e. The Morgan fingerprint density at radius 3 is 2.79 bits per heavy atom. The van der Waals surface area contributed by atoms with E-state index >= 15 is 0 Å². The standard InChI is InChI=1S/C14H15N3O2/c1-14(2,18-3)13-16-12(19-17-13)11-7-5-4-6-10(11)8-9-15/h4-7H,8H2,1-3H3. The third-order valence-electron chi connectivity index (χ3n) is 2.99. The van der Waals surface area contributed by atoms with Gasteiger partial charge in [0.15, 0.2) is 0 Å². The fourth-order valence-corrected chi connectivity index (χ4v) is 1.64. The first-order valence-corrected chi connectivity index (χ1v) is 5.93. The van der Waals surface area contributed by atoms with E-state index in [4.69, 9.17) is 14.5 Å². The number of hydrogen-bond donors (Lipinski definition) is 0. The summed E-state index contributed by atoms with van der Waals surface area (Å²) in [6, 6.07) is 9.63. The number of nitriles is 1. The van der Waals surface area contributed by atoms with Gasteiger partial charge in [0.2, 0.25) is 5.82 Å². The number of aromatic nitrogens is 2. The van der Waals surface area contributed by atoms with Crippen LogP contribution in [0.1, 0.15) is 25.2 Å². The molecule has 0 aliphatic rings. The minimum Gasteiger partial charge on any atom is -0.371 e. The Hall–Kier alpha value is -2.19. The maximum absolute atomic E-state index is 8.83. The van der Waals surface area contributed by atoms with E-state index in [1.165, 1.54) is 0 Å². The highest BCUT2D eigenvalue weighted by Crippen LogP contribution is 2.26. The van der Waals surface area contributed by atoms with E-state index in [0.29, 0.717) is 18.1 Å². The number of nitrogens with zero attached hydrogens (tertiary/aromatic N) is 3. The molecule has 2 aromatic rings. The molecule has 0 atom stereocenters. The predicted molar refractivity (Wildman–Crippen MR) is 69.1 cm³/mol. The van der Waals surface area contributed by atoms with E-state index in [9.17, 15) is 0 Å². The molecule has 0 spiro atoms. The summed E-state index contributed by atoms with van der Waals surface area (Å²) >= 11 is 0. The van der Waals surface area contributed by atoms with Gasteiger partial charge in [0, 0.05) is 12.7 Å². The van der Waals surface area contributed by atoms with Crippen molar-refractivity contribution in [2.45, 2.75) is 25.9 Å². The molecule has 19 heavy (non-hydrogen) atoms. The van der Waals surface area contributed by atoms with Gasteiger partial charge >= 0.3 is 0 Å². The number of hydrogen-bond acceptors (Lipinski definition) is 5. The van der Waals surface area contributed by atoms with Crippen LogP contribution in [-0.2, 0) is 16.8 Å². The Bertz CT molecular complexity index is 611. The number of rotatable bonds is 4. The van der Waals surface area contributed by atoms with Gasteiger partial charge in [-0.2, -0.15) is 10.2 Å². The molecule has 2 rings (SSSR count). The van der Waals surface area contributed by atoms with Crippen molar-refractivity contribution in [1.29, 1.82) is 5.26 Å². The minimum atomic E-state index is -0.605. The van der Waals surface area contributed by atoms with Crippen molar-refractivity contribution in [3.8, 4) is 17.5 Å². The lowest BCUT2D eigenvalue weighted by atomic mass is 10.1. The zero-order chi connectivity index (χ0) is 13.9. The van der Waals surface area contributed by atoms with Crippen LogP contribution < -0.4 is 0 Å². The van der Waals surface area contributed by atoms with Crippen LogP contribution in [0.25, 0.3) is 11.5 Å². The minimum absolute atomic E-state index is 0.307. The Morgan fingerprint density at radius 2 is 2.11 bits per heavy atom. The molecule has 0 saturated carbocycles. The Kier molecular flexibility index (Phi) is 3.63. The molecule has 0 aliphatic heterocycles. The van der Waals surface area contributed by atoms with Gasteiger partial charge in [0.25, 0.3) is 5.89 Å². The molecule has 5 heteroatoms. The Morgan fingerprint density at radius 1 is 1.37 bits per heavy atom. The second-order valence-electron chi connectivity index (χ2n) is 4.63. The van der Waals surface area contributed by atoms with Crippen molar-refractivity contribution in [3.05, 3.63) is 35.7 Å². The van der Waals surface area contributed by atoms with Gasteiger partial charge < -0.3 is 9.26 Å². The van der Waals surface area contributed by atoms with Crippen LogP contribution >= 0.6 is 0 Å². The number of methoxy groups -OCH3 is 1. The molecule has 0 unspecified atom stereocenters. The van der Waals surface area contributed by atoms with Crippen molar-refractivity contribution >= 4 is 0 Å². The Labute approximate surface area is 111 Å². The van der Waals surface area contributed by atoms with Gasteiger partial charge in [-0.1, -0.05) is 23.4 Å². The van der Waals surface area contributed by atoms with E-state index < -0.39 is 5.60 Å². The van der Waals surface area contributed by atoms with E-state index in [1.807, 2.05) is 38.1 Å². The van der Waals surface area contributed by atoms with Crippen molar-refractivity contribution < 1.29 is 9.26 Å². The third-order valence-corrected chi connectivity index (χ3v) is 2.99. The summed E-state index contributed by atoms with van der Waals surface area (Å²) in [6.07, 6.45) is 0.307. The summed E-state index contributed by atoms with van der Waals surface area (Å²) in [4.78, 5) is 4.35. The first-order valence-electron chi connectivity index (χ1n) is 5.93. The number of ether oxygens (including phenoxy) is 1. The molecule has 5 nitrogen and oxygen atoms in total. The molecule has 0 bridgehead atoms. The monoisotopic (exact) mass is 257 g/mol. The van der Waals surface area contributed by atoms with Gasteiger partial charge in [-0.15, -0.1) is 0 Å². The molecular weight excluding hydrogens is 242 g/mol. The summed E-state index contributed by atoms with van der Waals surface area (Å²) in [5.41, 5.74) is 1.05. The number of benzene rings is 1. The summed E-state index contributed by atoms with van der Waals surface area (Å²) in [6.45, 7) is 3.73. The zero-order valence-corrected chi connectivity index (χ0v) is 11.2. The average molecular weight is 257 g/mol. The second kappa shape index (κ2) is 5.21. The van der Waals surface area contributed by atoms with Crippen LogP contribution in [-0.4, -0.2) is 17.3 Å². The molecule has 98 valence electrons. The predicted octanol–water partition coefficient (Wildman–Crippen LogP) is 2.68. The van der Waals surface area contributed by atoms with Gasteiger partial charge in [-0.25, -0.2) is 0 Å². The van der Waals surface area contributed by atoms with Crippen LogP contribution in [0, 0.1) is 11.3 Å². The van der Waals surface area contributed by atoms with Crippen LogP contribution in [0.3, 0.4) is 0 Å². The molecular formula is C14H15N3O2. The lowest BCUT2D eigenvalue weighted by Gasteiger charge is -2.17. The lowest BCUT2D eigenvalue weighted by Crippen LogP contribution is -2.21. The van der Waals surface area contributed by atoms with E-state index in [1.54, 1.807) is 7.11 Å². The molecule has 1 aromatic carbocycles. The van der Waals surface area contributed by atoms with Crippen LogP contribution in [0.4, 0.5) is 0 Å². The van der Waals surface area contributed by atoms with Gasteiger partial charge in [0.1, 0.15) is 5.60 Å². The molecule has 0 N–H and O–H groups in total. The average Bonchev–Trinajstić information content (AvgIpc) is 2.90. The maximum atomic E-state index is 8.83. The van der Waals surface area contributed by atoms with Crippen molar-refractivity contribution in [2.24, 2.45) is 0 Å². The summed E-state index contributed by atoms with van der Waals surface area (Å²) in [7, 11) is 1.60. The van der Waals surface area contributed by atoms with Crippen LogP contribution in [0.2, 0.25) is 0 Å². The molecule has 0 aliphatic carbocycles. The van der Waals surface area contributed by atoms with E-state index in [0.717, 1.165) is 11.1 Å². The summed E-state index contributed by atoms with van der Waals surface area (Å²) in [5.74, 6) is 0.891. The van der Waals surface area contributed by atoms with Gasteiger partial charge in [-0.3, -0.25) is 0 Å². The lowest BCUT2D eigenvalue weighted by molar-refractivity contribution is 0.00973. The van der Waals surface area contributed by atoms with E-state index in [2.05, 4.69) is 16.2 Å². The second-order valence-corrected chi connectivity index (χ2v) is 4.63. The topological polar surface area (TPSA) is 71.9 Å². The van der Waals surface area contributed by atoms with Crippen molar-refractivity contribution in [1.82, 2.24) is 10.1 Å². The highest BCUT2D eigenvalue weighted by Gasteiger charge is 2.26. The smallest absolute Gasteiger partial charge is 0.258 e. The van der Waals surface area contributed by atoms with Gasteiger partial charge in [-0.05, 0) is 25.5 Å². The molecule has 1 aromatic heterocycles. The zero-order valence-electron chi connectivity index (χ0n) is 11.2. The Balaban J connectivity index is 2.42. The highest BCUT2D eigenvalue weighted by molar-refractivity contribution is 5.59. The molecule has 1 heterocycles. The first kappa shape index (κ1) is 13.2. The fraction of sp³-hybridized carbons (Fsp3) is 0.357. The van der Waals surface area contributed by atoms with Crippen LogP contribution in [0.5, 0.6) is 0 Å². The normalized spacial score (nSPS) is 11.3. The summed E-state index contributed by atoms with van der Waals surface area (Å²) in [5, 5.41) is 12.8. The quantitative estimate of drug-likeness (QED) is 0.842. The SMILES string of the molecule is COC(C)(C)c1noc(-c2ccccc2CC#N)n1.